The summed E-state index contributed by atoms with van der Waals surface area (Å²) in [6.07, 6.45) is 2.32. The zero-order valence-corrected chi connectivity index (χ0v) is 8.78. The van der Waals surface area contributed by atoms with Crippen LogP contribution in [0.5, 0.6) is 0 Å². The molecule has 0 amide bonds. The minimum Gasteiger partial charge on any atom is -0.453 e. The summed E-state index contributed by atoms with van der Waals surface area (Å²) in [6, 6.07) is 5.08. The Morgan fingerprint density at radius 1 is 1.47 bits per heavy atom. The summed E-state index contributed by atoms with van der Waals surface area (Å²) in [6.45, 7) is 1.82. The van der Waals surface area contributed by atoms with Crippen molar-refractivity contribution >= 4 is 17.9 Å². The van der Waals surface area contributed by atoms with Crippen molar-refractivity contribution in [3.63, 3.8) is 0 Å². The van der Waals surface area contributed by atoms with Crippen molar-refractivity contribution in [2.45, 2.75) is 6.92 Å². The van der Waals surface area contributed by atoms with E-state index in [1.165, 1.54) is 0 Å². The SMILES string of the molecule is Cc1ncc(-c2ccc(C=O)o2)cc1Cl. The fourth-order valence-corrected chi connectivity index (χ4v) is 1.38. The molecule has 15 heavy (non-hydrogen) atoms. The molecule has 76 valence electrons. The van der Waals surface area contributed by atoms with E-state index >= 15 is 0 Å². The zero-order chi connectivity index (χ0) is 10.8. The van der Waals surface area contributed by atoms with Crippen LogP contribution in [0.25, 0.3) is 11.3 Å². The summed E-state index contributed by atoms with van der Waals surface area (Å²) in [5.74, 6) is 0.883. The predicted molar refractivity (Wildman–Crippen MR) is 57.1 cm³/mol. The number of furan rings is 1. The molecular weight excluding hydrogens is 214 g/mol. The number of aromatic nitrogens is 1. The van der Waals surface area contributed by atoms with Crippen molar-refractivity contribution in [2.24, 2.45) is 0 Å². The van der Waals surface area contributed by atoms with Crippen LogP contribution in [0.1, 0.15) is 16.2 Å². The topological polar surface area (TPSA) is 43.1 Å². The highest BCUT2D eigenvalue weighted by Gasteiger charge is 2.06. The van der Waals surface area contributed by atoms with Crippen LogP contribution < -0.4 is 0 Å². The molecule has 0 bridgehead atoms. The first-order valence-corrected chi connectivity index (χ1v) is 4.76. The second-order valence-electron chi connectivity index (χ2n) is 3.11. The molecule has 0 spiro atoms. The molecule has 0 radical (unpaired) electrons. The summed E-state index contributed by atoms with van der Waals surface area (Å²) in [5, 5.41) is 0.580. The number of carbonyl (C=O) groups excluding carboxylic acids is 1. The van der Waals surface area contributed by atoms with Gasteiger partial charge in [-0.25, -0.2) is 0 Å². The Kier molecular flexibility index (Phi) is 2.56. The third kappa shape index (κ3) is 1.92. The first kappa shape index (κ1) is 9.93. The third-order valence-corrected chi connectivity index (χ3v) is 2.44. The van der Waals surface area contributed by atoms with Crippen molar-refractivity contribution < 1.29 is 9.21 Å². The van der Waals surface area contributed by atoms with E-state index in [-0.39, 0.29) is 0 Å². The van der Waals surface area contributed by atoms with Crippen molar-refractivity contribution in [3.05, 3.63) is 40.9 Å². The van der Waals surface area contributed by atoms with Crippen molar-refractivity contribution in [2.75, 3.05) is 0 Å². The van der Waals surface area contributed by atoms with Gasteiger partial charge in [0.2, 0.25) is 0 Å². The lowest BCUT2D eigenvalue weighted by Crippen LogP contribution is -1.83. The molecular formula is C11H8ClNO2. The molecule has 2 heterocycles. The third-order valence-electron chi connectivity index (χ3n) is 2.05. The lowest BCUT2D eigenvalue weighted by atomic mass is 10.2. The molecule has 2 rings (SSSR count). The average Bonchev–Trinajstić information content (AvgIpc) is 2.70. The van der Waals surface area contributed by atoms with Gasteiger partial charge in [-0.3, -0.25) is 9.78 Å². The Hall–Kier alpha value is -1.61. The Bertz CT molecular complexity index is 505. The lowest BCUT2D eigenvalue weighted by molar-refractivity contribution is 0.110. The molecule has 2 aromatic rings. The fourth-order valence-electron chi connectivity index (χ4n) is 1.21. The van der Waals surface area contributed by atoms with Crippen LogP contribution in [0.2, 0.25) is 5.02 Å². The maximum Gasteiger partial charge on any atom is 0.185 e. The van der Waals surface area contributed by atoms with Crippen molar-refractivity contribution in [3.8, 4) is 11.3 Å². The maximum atomic E-state index is 10.4. The molecule has 4 heteroatoms. The van der Waals surface area contributed by atoms with E-state index in [0.29, 0.717) is 22.8 Å². The van der Waals surface area contributed by atoms with E-state index < -0.39 is 0 Å². The Labute approximate surface area is 91.7 Å². The number of pyridine rings is 1. The summed E-state index contributed by atoms with van der Waals surface area (Å²) in [5.41, 5.74) is 1.53. The van der Waals surface area contributed by atoms with Gasteiger partial charge in [0.15, 0.2) is 12.0 Å². The Morgan fingerprint density at radius 2 is 2.27 bits per heavy atom. The largest absolute Gasteiger partial charge is 0.453 e. The van der Waals surface area contributed by atoms with Crippen LogP contribution in [0.3, 0.4) is 0 Å². The number of carbonyl (C=O) groups is 1. The molecule has 0 fully saturated rings. The number of hydrogen-bond donors (Lipinski definition) is 0. The van der Waals surface area contributed by atoms with E-state index in [0.717, 1.165) is 11.3 Å². The average molecular weight is 222 g/mol. The van der Waals surface area contributed by atoms with Crippen molar-refractivity contribution in [1.82, 2.24) is 4.98 Å². The number of rotatable bonds is 2. The number of hydrogen-bond acceptors (Lipinski definition) is 3. The van der Waals surface area contributed by atoms with Gasteiger partial charge in [-0.1, -0.05) is 11.6 Å². The van der Waals surface area contributed by atoms with E-state index in [2.05, 4.69) is 4.98 Å². The molecule has 0 saturated heterocycles. The number of aryl methyl sites for hydroxylation is 1. The second kappa shape index (κ2) is 3.87. The van der Waals surface area contributed by atoms with Gasteiger partial charge in [-0.15, -0.1) is 0 Å². The first-order chi connectivity index (χ1) is 7.20. The van der Waals surface area contributed by atoms with Crippen LogP contribution in [0.4, 0.5) is 0 Å². The summed E-state index contributed by atoms with van der Waals surface area (Å²) >= 11 is 5.93. The lowest BCUT2D eigenvalue weighted by Gasteiger charge is -1.99. The highest BCUT2D eigenvalue weighted by Crippen LogP contribution is 2.24. The Morgan fingerprint density at radius 3 is 2.87 bits per heavy atom. The fraction of sp³-hybridized carbons (Fsp3) is 0.0909. The van der Waals surface area contributed by atoms with Gasteiger partial charge in [0.1, 0.15) is 5.76 Å². The summed E-state index contributed by atoms with van der Waals surface area (Å²) in [7, 11) is 0. The van der Waals surface area contributed by atoms with E-state index in [1.807, 2.05) is 6.92 Å². The second-order valence-corrected chi connectivity index (χ2v) is 3.52. The van der Waals surface area contributed by atoms with E-state index in [4.69, 9.17) is 16.0 Å². The Balaban J connectivity index is 2.44. The monoisotopic (exact) mass is 221 g/mol. The van der Waals surface area contributed by atoms with Gasteiger partial charge in [0.25, 0.3) is 0 Å². The van der Waals surface area contributed by atoms with Gasteiger partial charge < -0.3 is 4.42 Å². The summed E-state index contributed by atoms with van der Waals surface area (Å²) in [4.78, 5) is 14.5. The molecule has 3 nitrogen and oxygen atoms in total. The molecule has 2 aromatic heterocycles. The smallest absolute Gasteiger partial charge is 0.185 e. The molecule has 0 aliphatic rings. The number of halogens is 1. The van der Waals surface area contributed by atoms with Crippen LogP contribution in [0.15, 0.2) is 28.8 Å². The van der Waals surface area contributed by atoms with Gasteiger partial charge in [-0.2, -0.15) is 0 Å². The maximum absolute atomic E-state index is 10.4. The normalized spacial score (nSPS) is 10.3. The molecule has 0 aliphatic heterocycles. The number of nitrogens with zero attached hydrogens (tertiary/aromatic N) is 1. The van der Waals surface area contributed by atoms with Gasteiger partial charge in [0, 0.05) is 11.8 Å². The molecule has 0 aromatic carbocycles. The van der Waals surface area contributed by atoms with Crippen molar-refractivity contribution in [1.29, 1.82) is 0 Å². The quantitative estimate of drug-likeness (QED) is 0.732. The predicted octanol–water partition coefficient (Wildman–Crippen LogP) is 3.12. The van der Waals surface area contributed by atoms with Crippen LogP contribution in [0, 0.1) is 6.92 Å². The van der Waals surface area contributed by atoms with Gasteiger partial charge in [0.05, 0.1) is 10.7 Å². The minimum absolute atomic E-state index is 0.293. The van der Waals surface area contributed by atoms with Crippen LogP contribution >= 0.6 is 11.6 Å². The first-order valence-electron chi connectivity index (χ1n) is 4.38. The van der Waals surface area contributed by atoms with Crippen LogP contribution in [-0.2, 0) is 0 Å². The number of aldehydes is 1. The highest BCUT2D eigenvalue weighted by molar-refractivity contribution is 6.31. The molecule has 0 atom stereocenters. The molecule has 0 aliphatic carbocycles. The van der Waals surface area contributed by atoms with Crippen LogP contribution in [-0.4, -0.2) is 11.3 Å². The summed E-state index contributed by atoms with van der Waals surface area (Å²) < 4.78 is 5.25. The molecule has 0 saturated carbocycles. The van der Waals surface area contributed by atoms with E-state index in [9.17, 15) is 4.79 Å². The van der Waals surface area contributed by atoms with Gasteiger partial charge >= 0.3 is 0 Å². The van der Waals surface area contributed by atoms with Gasteiger partial charge in [-0.05, 0) is 25.1 Å². The van der Waals surface area contributed by atoms with E-state index in [1.54, 1.807) is 24.4 Å². The standard InChI is InChI=1S/C11H8ClNO2/c1-7-10(12)4-8(5-13-7)11-3-2-9(6-14)15-11/h2-6H,1H3. The minimum atomic E-state index is 0.293. The zero-order valence-electron chi connectivity index (χ0n) is 8.03. The highest BCUT2D eigenvalue weighted by atomic mass is 35.5. The molecule has 0 unspecified atom stereocenters. The molecule has 0 N–H and O–H groups in total.